The maximum Gasteiger partial charge on any atom is 0.0380 e. The molecule has 1 aliphatic heterocycles. The standard InChI is InChI=1S/C15H23BrN2/c1-15(2)4-3-6-18(7-5-15)14-9-12(11-17)8-13(16)10-14/h8-10H,3-7,11,17H2,1-2H3. The minimum absolute atomic E-state index is 0.484. The zero-order valence-electron chi connectivity index (χ0n) is 11.4. The molecule has 1 aromatic rings. The second kappa shape index (κ2) is 5.62. The minimum atomic E-state index is 0.484. The van der Waals surface area contributed by atoms with E-state index in [0.29, 0.717) is 12.0 Å². The highest BCUT2D eigenvalue weighted by molar-refractivity contribution is 9.10. The third-order valence-corrected chi connectivity index (χ3v) is 4.34. The van der Waals surface area contributed by atoms with E-state index in [1.807, 2.05) is 0 Å². The summed E-state index contributed by atoms with van der Waals surface area (Å²) in [5.74, 6) is 0. The van der Waals surface area contributed by atoms with Gasteiger partial charge in [0.15, 0.2) is 0 Å². The van der Waals surface area contributed by atoms with Gasteiger partial charge in [-0.15, -0.1) is 0 Å². The number of benzene rings is 1. The van der Waals surface area contributed by atoms with Gasteiger partial charge in [-0.1, -0.05) is 29.8 Å². The highest BCUT2D eigenvalue weighted by atomic mass is 79.9. The van der Waals surface area contributed by atoms with Crippen LogP contribution < -0.4 is 10.6 Å². The smallest absolute Gasteiger partial charge is 0.0380 e. The molecule has 0 amide bonds. The topological polar surface area (TPSA) is 29.3 Å². The molecule has 0 spiro atoms. The summed E-state index contributed by atoms with van der Waals surface area (Å²) in [6, 6.07) is 6.53. The van der Waals surface area contributed by atoms with Crippen LogP contribution in [0.5, 0.6) is 0 Å². The van der Waals surface area contributed by atoms with Crippen molar-refractivity contribution in [2.45, 2.75) is 39.7 Å². The number of hydrogen-bond donors (Lipinski definition) is 1. The van der Waals surface area contributed by atoms with Crippen molar-refractivity contribution < 1.29 is 0 Å². The fourth-order valence-corrected chi connectivity index (χ4v) is 3.14. The van der Waals surface area contributed by atoms with Crippen LogP contribution in [0.2, 0.25) is 0 Å². The van der Waals surface area contributed by atoms with Gasteiger partial charge in [0, 0.05) is 29.8 Å². The van der Waals surface area contributed by atoms with Crippen molar-refractivity contribution in [3.8, 4) is 0 Å². The molecule has 1 saturated heterocycles. The Kier molecular flexibility index (Phi) is 4.33. The van der Waals surface area contributed by atoms with Crippen LogP contribution in [0.25, 0.3) is 0 Å². The Morgan fingerprint density at radius 3 is 2.72 bits per heavy atom. The fourth-order valence-electron chi connectivity index (χ4n) is 2.61. The molecule has 0 aliphatic carbocycles. The van der Waals surface area contributed by atoms with E-state index < -0.39 is 0 Å². The number of nitrogens with zero attached hydrogens (tertiary/aromatic N) is 1. The molecule has 0 bridgehead atoms. The number of anilines is 1. The summed E-state index contributed by atoms with van der Waals surface area (Å²) in [6.07, 6.45) is 3.86. The van der Waals surface area contributed by atoms with Gasteiger partial charge >= 0.3 is 0 Å². The van der Waals surface area contributed by atoms with Gasteiger partial charge in [-0.3, -0.25) is 0 Å². The summed E-state index contributed by atoms with van der Waals surface area (Å²) < 4.78 is 1.13. The van der Waals surface area contributed by atoms with E-state index in [1.54, 1.807) is 0 Å². The largest absolute Gasteiger partial charge is 0.371 e. The van der Waals surface area contributed by atoms with E-state index in [-0.39, 0.29) is 0 Å². The number of hydrogen-bond acceptors (Lipinski definition) is 2. The molecule has 18 heavy (non-hydrogen) atoms. The van der Waals surface area contributed by atoms with Crippen LogP contribution in [0, 0.1) is 5.41 Å². The summed E-state index contributed by atoms with van der Waals surface area (Å²) in [5, 5.41) is 0. The molecule has 2 nitrogen and oxygen atoms in total. The van der Waals surface area contributed by atoms with E-state index in [9.17, 15) is 0 Å². The van der Waals surface area contributed by atoms with Crippen LogP contribution in [0.15, 0.2) is 22.7 Å². The van der Waals surface area contributed by atoms with Gasteiger partial charge < -0.3 is 10.6 Å². The third kappa shape index (κ3) is 3.48. The van der Waals surface area contributed by atoms with Crippen LogP contribution in [-0.2, 0) is 6.54 Å². The molecule has 0 radical (unpaired) electrons. The predicted octanol–water partition coefficient (Wildman–Crippen LogP) is 3.92. The lowest BCUT2D eigenvalue weighted by Gasteiger charge is -2.25. The SMILES string of the molecule is CC1(C)CCCN(c2cc(Br)cc(CN)c2)CC1. The van der Waals surface area contributed by atoms with Crippen LogP contribution >= 0.6 is 15.9 Å². The zero-order chi connectivity index (χ0) is 13.2. The van der Waals surface area contributed by atoms with Crippen molar-refractivity contribution in [2.24, 2.45) is 11.1 Å². The van der Waals surface area contributed by atoms with E-state index in [4.69, 9.17) is 5.73 Å². The molecule has 0 saturated carbocycles. The molecule has 3 heteroatoms. The zero-order valence-corrected chi connectivity index (χ0v) is 13.0. The Morgan fingerprint density at radius 2 is 2.00 bits per heavy atom. The Morgan fingerprint density at radius 1 is 1.22 bits per heavy atom. The van der Waals surface area contributed by atoms with Crippen LogP contribution in [0.1, 0.15) is 38.7 Å². The minimum Gasteiger partial charge on any atom is -0.371 e. The average Bonchev–Trinajstić information content (AvgIpc) is 2.49. The lowest BCUT2D eigenvalue weighted by Crippen LogP contribution is -2.25. The Hall–Kier alpha value is -0.540. The van der Waals surface area contributed by atoms with Gasteiger partial charge in [-0.25, -0.2) is 0 Å². The molecule has 0 aromatic heterocycles. The number of rotatable bonds is 2. The summed E-state index contributed by atoms with van der Waals surface area (Å²) in [4.78, 5) is 2.50. The van der Waals surface area contributed by atoms with Crippen molar-refractivity contribution >= 4 is 21.6 Å². The summed E-state index contributed by atoms with van der Waals surface area (Å²) in [7, 11) is 0. The molecule has 1 heterocycles. The first-order valence-corrected chi connectivity index (χ1v) is 7.54. The molecule has 1 fully saturated rings. The average molecular weight is 311 g/mol. The van der Waals surface area contributed by atoms with Gasteiger partial charge in [0.2, 0.25) is 0 Å². The van der Waals surface area contributed by atoms with Crippen LogP contribution in [0.3, 0.4) is 0 Å². The Labute approximate surface area is 119 Å². The van der Waals surface area contributed by atoms with Crippen molar-refractivity contribution in [1.82, 2.24) is 0 Å². The van der Waals surface area contributed by atoms with Gasteiger partial charge in [0.25, 0.3) is 0 Å². The first-order chi connectivity index (χ1) is 8.50. The molecule has 0 atom stereocenters. The molecule has 1 aliphatic rings. The van der Waals surface area contributed by atoms with E-state index >= 15 is 0 Å². The first kappa shape index (κ1) is 13.9. The maximum absolute atomic E-state index is 5.75. The fraction of sp³-hybridized carbons (Fsp3) is 0.600. The van der Waals surface area contributed by atoms with E-state index in [2.05, 4.69) is 52.9 Å². The first-order valence-electron chi connectivity index (χ1n) is 6.75. The van der Waals surface area contributed by atoms with E-state index in [1.165, 1.54) is 30.5 Å². The normalized spacial score (nSPS) is 19.7. The van der Waals surface area contributed by atoms with Crippen LogP contribution in [0.4, 0.5) is 5.69 Å². The van der Waals surface area contributed by atoms with Gasteiger partial charge in [-0.2, -0.15) is 0 Å². The molecular formula is C15H23BrN2. The summed E-state index contributed by atoms with van der Waals surface area (Å²) in [5.41, 5.74) is 8.74. The van der Waals surface area contributed by atoms with Crippen molar-refractivity contribution in [3.63, 3.8) is 0 Å². The number of halogens is 1. The van der Waals surface area contributed by atoms with Gasteiger partial charge in [0.05, 0.1) is 0 Å². The molecule has 2 rings (SSSR count). The molecule has 1 aromatic carbocycles. The predicted molar refractivity (Wildman–Crippen MR) is 81.9 cm³/mol. The molecule has 2 N–H and O–H groups in total. The number of nitrogens with two attached hydrogens (primary N) is 1. The second-order valence-corrected chi connectivity index (χ2v) is 6.94. The monoisotopic (exact) mass is 310 g/mol. The Balaban J connectivity index is 2.18. The molecule has 0 unspecified atom stereocenters. The lowest BCUT2D eigenvalue weighted by molar-refractivity contribution is 0.325. The quantitative estimate of drug-likeness (QED) is 0.897. The highest BCUT2D eigenvalue weighted by Gasteiger charge is 2.23. The highest BCUT2D eigenvalue weighted by Crippen LogP contribution is 2.32. The molecular weight excluding hydrogens is 288 g/mol. The second-order valence-electron chi connectivity index (χ2n) is 6.03. The summed E-state index contributed by atoms with van der Waals surface area (Å²) >= 11 is 3.58. The van der Waals surface area contributed by atoms with Gasteiger partial charge in [-0.05, 0) is 48.4 Å². The van der Waals surface area contributed by atoms with Crippen molar-refractivity contribution in [3.05, 3.63) is 28.2 Å². The van der Waals surface area contributed by atoms with Crippen LogP contribution in [-0.4, -0.2) is 13.1 Å². The summed E-state index contributed by atoms with van der Waals surface area (Å²) in [6.45, 7) is 7.66. The van der Waals surface area contributed by atoms with Gasteiger partial charge in [0.1, 0.15) is 0 Å². The lowest BCUT2D eigenvalue weighted by atomic mass is 9.85. The van der Waals surface area contributed by atoms with Crippen molar-refractivity contribution in [1.29, 1.82) is 0 Å². The maximum atomic E-state index is 5.75. The Bertz CT molecular complexity index is 415. The van der Waals surface area contributed by atoms with Crippen molar-refractivity contribution in [2.75, 3.05) is 18.0 Å². The van der Waals surface area contributed by atoms with E-state index in [0.717, 1.165) is 17.6 Å². The third-order valence-electron chi connectivity index (χ3n) is 3.88. The molecule has 100 valence electrons.